The number of nitrogens with zero attached hydrogens (tertiary/aromatic N) is 4. The molecule has 0 spiro atoms. The van der Waals surface area contributed by atoms with E-state index < -0.39 is 0 Å². The molecule has 0 bridgehead atoms. The summed E-state index contributed by atoms with van der Waals surface area (Å²) in [7, 11) is 0. The number of pyridine rings is 1. The van der Waals surface area contributed by atoms with Crippen LogP contribution in [0.2, 0.25) is 0 Å². The maximum Gasteiger partial charge on any atom is 0.237 e. The average Bonchev–Trinajstić information content (AvgIpc) is 3.19. The van der Waals surface area contributed by atoms with E-state index in [4.69, 9.17) is 0 Å². The van der Waals surface area contributed by atoms with E-state index in [0.29, 0.717) is 18.7 Å². The zero-order valence-corrected chi connectivity index (χ0v) is 15.9. The minimum atomic E-state index is -0.237. The molecule has 2 fully saturated rings. The molecule has 1 atom stereocenters. The summed E-state index contributed by atoms with van der Waals surface area (Å²) in [6.07, 6.45) is 1.80. The van der Waals surface area contributed by atoms with Crippen LogP contribution in [0, 0.1) is 5.82 Å². The fourth-order valence-corrected chi connectivity index (χ4v) is 4.92. The number of amides is 1. The predicted molar refractivity (Wildman–Crippen MR) is 106 cm³/mol. The molecule has 0 aliphatic carbocycles. The summed E-state index contributed by atoms with van der Waals surface area (Å²) in [5.41, 5.74) is 0.605. The van der Waals surface area contributed by atoms with Gasteiger partial charge in [0.2, 0.25) is 5.91 Å². The van der Waals surface area contributed by atoms with Crippen LogP contribution in [0.1, 0.15) is 10.9 Å². The van der Waals surface area contributed by atoms with E-state index in [1.807, 2.05) is 29.2 Å². The van der Waals surface area contributed by atoms with Crippen LogP contribution in [-0.4, -0.2) is 65.7 Å². The number of hydrogen-bond acceptors (Lipinski definition) is 5. The monoisotopic (exact) mass is 386 g/mol. The highest BCUT2D eigenvalue weighted by molar-refractivity contribution is 7.99. The lowest BCUT2D eigenvalue weighted by Gasteiger charge is -2.36. The van der Waals surface area contributed by atoms with Gasteiger partial charge in [-0.1, -0.05) is 24.3 Å². The average molecular weight is 386 g/mol. The highest BCUT2D eigenvalue weighted by atomic mass is 32.2. The zero-order chi connectivity index (χ0) is 18.6. The molecule has 4 rings (SSSR count). The molecule has 0 unspecified atom stereocenters. The quantitative estimate of drug-likeness (QED) is 0.808. The Morgan fingerprint density at radius 2 is 1.85 bits per heavy atom. The number of aromatic nitrogens is 1. The summed E-state index contributed by atoms with van der Waals surface area (Å²) in [5, 5.41) is -0.214. The molecule has 2 aliphatic heterocycles. The van der Waals surface area contributed by atoms with Crippen molar-refractivity contribution in [3.63, 3.8) is 0 Å². The van der Waals surface area contributed by atoms with Gasteiger partial charge in [0, 0.05) is 50.2 Å². The van der Waals surface area contributed by atoms with Crippen molar-refractivity contribution >= 4 is 23.5 Å². The van der Waals surface area contributed by atoms with Gasteiger partial charge in [-0.05, 0) is 18.2 Å². The van der Waals surface area contributed by atoms with E-state index in [9.17, 15) is 9.18 Å². The van der Waals surface area contributed by atoms with Crippen LogP contribution < -0.4 is 4.90 Å². The van der Waals surface area contributed by atoms with Gasteiger partial charge in [0.1, 0.15) is 17.0 Å². The summed E-state index contributed by atoms with van der Waals surface area (Å²) in [6, 6.07) is 12.7. The van der Waals surface area contributed by atoms with Gasteiger partial charge in [0.05, 0.1) is 6.54 Å². The molecule has 3 heterocycles. The van der Waals surface area contributed by atoms with Crippen LogP contribution in [0.25, 0.3) is 0 Å². The molecule has 1 aromatic carbocycles. The van der Waals surface area contributed by atoms with E-state index in [2.05, 4.69) is 14.8 Å². The third kappa shape index (κ3) is 4.09. The Balaban J connectivity index is 1.35. The van der Waals surface area contributed by atoms with Crippen molar-refractivity contribution < 1.29 is 9.18 Å². The molecule has 27 heavy (non-hydrogen) atoms. The zero-order valence-electron chi connectivity index (χ0n) is 15.1. The van der Waals surface area contributed by atoms with Gasteiger partial charge < -0.3 is 9.80 Å². The molecule has 7 heteroatoms. The number of carbonyl (C=O) groups is 1. The van der Waals surface area contributed by atoms with Gasteiger partial charge in [-0.3, -0.25) is 9.69 Å². The van der Waals surface area contributed by atoms with Gasteiger partial charge in [0.25, 0.3) is 0 Å². The molecule has 1 aromatic heterocycles. The SMILES string of the molecule is O=C(CN1CCN(c2ccccn2)CC1)N1CCS[C@@H]1c1ccccc1F. The van der Waals surface area contributed by atoms with E-state index in [0.717, 1.165) is 37.7 Å². The Bertz CT molecular complexity index is 783. The minimum Gasteiger partial charge on any atom is -0.354 e. The van der Waals surface area contributed by atoms with Gasteiger partial charge in [-0.25, -0.2) is 9.37 Å². The predicted octanol–water partition coefficient (Wildman–Crippen LogP) is 2.62. The largest absolute Gasteiger partial charge is 0.354 e. The molecule has 1 amide bonds. The van der Waals surface area contributed by atoms with Crippen molar-refractivity contribution in [1.29, 1.82) is 0 Å². The summed E-state index contributed by atoms with van der Waals surface area (Å²) >= 11 is 1.64. The normalized spacial score (nSPS) is 20.9. The fraction of sp³-hybridized carbons (Fsp3) is 0.400. The highest BCUT2D eigenvalue weighted by Gasteiger charge is 2.33. The summed E-state index contributed by atoms with van der Waals surface area (Å²) in [4.78, 5) is 23.5. The second-order valence-corrected chi connectivity index (χ2v) is 7.97. The number of benzene rings is 1. The molecule has 142 valence electrons. The van der Waals surface area contributed by atoms with Crippen LogP contribution in [0.4, 0.5) is 10.2 Å². The second-order valence-electron chi connectivity index (χ2n) is 6.78. The molecule has 2 aromatic rings. The van der Waals surface area contributed by atoms with Crippen LogP contribution in [-0.2, 0) is 4.79 Å². The standard InChI is InChI=1S/C20H23FN4OS/c21-17-6-2-1-5-16(17)20-25(13-14-27-20)19(26)15-23-9-11-24(12-10-23)18-7-3-4-8-22-18/h1-8,20H,9-15H2/t20-/m1/s1. The van der Waals surface area contributed by atoms with Gasteiger partial charge in [-0.15, -0.1) is 11.8 Å². The second kappa shape index (κ2) is 8.27. The van der Waals surface area contributed by atoms with Gasteiger partial charge >= 0.3 is 0 Å². The van der Waals surface area contributed by atoms with Crippen molar-refractivity contribution in [3.8, 4) is 0 Å². The van der Waals surface area contributed by atoms with E-state index >= 15 is 0 Å². The maximum atomic E-state index is 14.2. The number of thioether (sulfide) groups is 1. The number of halogens is 1. The highest BCUT2D eigenvalue weighted by Crippen LogP contribution is 2.38. The first-order valence-electron chi connectivity index (χ1n) is 9.26. The third-order valence-electron chi connectivity index (χ3n) is 5.09. The Kier molecular flexibility index (Phi) is 5.59. The lowest BCUT2D eigenvalue weighted by Crippen LogP contribution is -2.50. The van der Waals surface area contributed by atoms with Crippen molar-refractivity contribution in [3.05, 3.63) is 60.0 Å². The Morgan fingerprint density at radius 1 is 1.07 bits per heavy atom. The van der Waals surface area contributed by atoms with E-state index in [-0.39, 0.29) is 17.1 Å². The van der Waals surface area contributed by atoms with Crippen molar-refractivity contribution in [2.24, 2.45) is 0 Å². The molecule has 2 aliphatic rings. The Labute approximate surface area is 163 Å². The Hall–Kier alpha value is -2.12. The van der Waals surface area contributed by atoms with Crippen LogP contribution >= 0.6 is 11.8 Å². The van der Waals surface area contributed by atoms with Crippen LogP contribution in [0.15, 0.2) is 48.7 Å². The smallest absolute Gasteiger partial charge is 0.237 e. The van der Waals surface area contributed by atoms with Crippen LogP contribution in [0.3, 0.4) is 0 Å². The number of piperazine rings is 1. The topological polar surface area (TPSA) is 39.7 Å². The first-order chi connectivity index (χ1) is 13.2. The number of rotatable bonds is 4. The van der Waals surface area contributed by atoms with Gasteiger partial charge in [-0.2, -0.15) is 0 Å². The Morgan fingerprint density at radius 3 is 2.59 bits per heavy atom. The lowest BCUT2D eigenvalue weighted by molar-refractivity contribution is -0.132. The summed E-state index contributed by atoms with van der Waals surface area (Å²) < 4.78 is 14.2. The lowest BCUT2D eigenvalue weighted by atomic mass is 10.2. The summed E-state index contributed by atoms with van der Waals surface area (Å²) in [5.74, 6) is 1.68. The number of hydrogen-bond donors (Lipinski definition) is 0. The molecular weight excluding hydrogens is 363 g/mol. The third-order valence-corrected chi connectivity index (χ3v) is 6.33. The molecule has 0 radical (unpaired) electrons. The minimum absolute atomic E-state index is 0.0829. The maximum absolute atomic E-state index is 14.2. The first-order valence-corrected chi connectivity index (χ1v) is 10.3. The molecule has 5 nitrogen and oxygen atoms in total. The number of anilines is 1. The van der Waals surface area contributed by atoms with Crippen molar-refractivity contribution in [2.45, 2.75) is 5.37 Å². The van der Waals surface area contributed by atoms with E-state index in [1.54, 1.807) is 30.1 Å². The number of carbonyl (C=O) groups excluding carboxylic acids is 1. The van der Waals surface area contributed by atoms with Crippen molar-refractivity contribution in [2.75, 3.05) is 49.9 Å². The fourth-order valence-electron chi connectivity index (χ4n) is 3.62. The van der Waals surface area contributed by atoms with Crippen LogP contribution in [0.5, 0.6) is 0 Å². The van der Waals surface area contributed by atoms with Gasteiger partial charge in [0.15, 0.2) is 0 Å². The molecule has 0 saturated carbocycles. The molecule has 0 N–H and O–H groups in total. The first kappa shape index (κ1) is 18.3. The molecular formula is C20H23FN4OS. The van der Waals surface area contributed by atoms with E-state index in [1.165, 1.54) is 6.07 Å². The summed E-state index contributed by atoms with van der Waals surface area (Å²) in [6.45, 7) is 4.44. The van der Waals surface area contributed by atoms with Crippen molar-refractivity contribution in [1.82, 2.24) is 14.8 Å². The molecule has 2 saturated heterocycles.